The fourth-order valence-corrected chi connectivity index (χ4v) is 4.34. The van der Waals surface area contributed by atoms with E-state index < -0.39 is 0 Å². The van der Waals surface area contributed by atoms with Crippen molar-refractivity contribution in [3.8, 4) is 0 Å². The number of likely N-dealkylation sites (N-methyl/N-ethyl adjacent to an activating group) is 1. The summed E-state index contributed by atoms with van der Waals surface area (Å²) in [5, 5.41) is 9.60. The zero-order valence-electron chi connectivity index (χ0n) is 18.9. The van der Waals surface area contributed by atoms with Crippen LogP contribution in [0.2, 0.25) is 0 Å². The summed E-state index contributed by atoms with van der Waals surface area (Å²) in [5.41, 5.74) is 2.60. The molecule has 3 heterocycles. The van der Waals surface area contributed by atoms with Crippen molar-refractivity contribution in [2.75, 3.05) is 40.4 Å². The number of halogens is 1. The van der Waals surface area contributed by atoms with Gasteiger partial charge in [-0.3, -0.25) is 14.4 Å². The highest BCUT2D eigenvalue weighted by Gasteiger charge is 2.42. The maximum Gasteiger partial charge on any atom is 0.252 e. The van der Waals surface area contributed by atoms with Gasteiger partial charge in [-0.05, 0) is 31.5 Å². The lowest BCUT2D eigenvalue weighted by atomic mass is 9.97. The number of quaternary nitrogens is 1. The summed E-state index contributed by atoms with van der Waals surface area (Å²) < 4.78 is 21.0. The van der Waals surface area contributed by atoms with E-state index in [1.807, 2.05) is 40.1 Å². The molecule has 2 N–H and O–H groups in total. The van der Waals surface area contributed by atoms with Gasteiger partial charge in [0.25, 0.3) is 5.91 Å². The van der Waals surface area contributed by atoms with Gasteiger partial charge < -0.3 is 10.1 Å². The molecule has 1 aromatic heterocycles. The Bertz CT molecular complexity index is 1040. The van der Waals surface area contributed by atoms with E-state index in [1.54, 1.807) is 12.1 Å². The molecule has 2 atom stereocenters. The molecule has 9 heteroatoms. The number of rotatable bonds is 5. The standard InChI is InChI=1S/C23H29FN6O2/c1-15-5-6-18(19(24)11-15)20-12-17(23(31)27-16(2)22-25-14-26-28-22)13-21(30(20,3)4)29-7-9-32-10-8-29/h5-6,11-14,16,21H,7-10H2,1-4H3,(H-,25,26,27,28,31)/p+1. The van der Waals surface area contributed by atoms with Gasteiger partial charge in [0.1, 0.15) is 23.7 Å². The number of amides is 1. The molecule has 0 saturated carbocycles. The fourth-order valence-electron chi connectivity index (χ4n) is 4.34. The summed E-state index contributed by atoms with van der Waals surface area (Å²) in [6.07, 6.45) is 5.04. The van der Waals surface area contributed by atoms with Crippen molar-refractivity contribution in [1.82, 2.24) is 25.4 Å². The van der Waals surface area contributed by atoms with Crippen LogP contribution in [0.5, 0.6) is 0 Å². The third-order valence-electron chi connectivity index (χ3n) is 6.18. The Morgan fingerprint density at radius 1 is 1.34 bits per heavy atom. The van der Waals surface area contributed by atoms with E-state index in [4.69, 9.17) is 4.74 Å². The maximum absolute atomic E-state index is 15.0. The van der Waals surface area contributed by atoms with Crippen molar-refractivity contribution in [1.29, 1.82) is 0 Å². The molecular formula is C23H30FN6O2+. The minimum absolute atomic E-state index is 0.138. The van der Waals surface area contributed by atoms with E-state index in [-0.39, 0.29) is 23.9 Å². The molecule has 1 fully saturated rings. The monoisotopic (exact) mass is 441 g/mol. The number of carbonyl (C=O) groups is 1. The van der Waals surface area contributed by atoms with Gasteiger partial charge in [0.2, 0.25) is 0 Å². The number of H-pyrrole nitrogens is 1. The topological polar surface area (TPSA) is 83.1 Å². The highest BCUT2D eigenvalue weighted by atomic mass is 19.1. The number of hydrogen-bond acceptors (Lipinski definition) is 5. The highest BCUT2D eigenvalue weighted by Crippen LogP contribution is 2.36. The summed E-state index contributed by atoms with van der Waals surface area (Å²) in [7, 11) is 4.10. The molecular weight excluding hydrogens is 411 g/mol. The highest BCUT2D eigenvalue weighted by molar-refractivity contribution is 5.98. The van der Waals surface area contributed by atoms with Gasteiger partial charge in [-0.25, -0.2) is 14.3 Å². The minimum Gasteiger partial charge on any atom is -0.379 e. The molecule has 2 aliphatic rings. The molecule has 0 bridgehead atoms. The molecule has 8 nitrogen and oxygen atoms in total. The van der Waals surface area contributed by atoms with Gasteiger partial charge >= 0.3 is 0 Å². The molecule has 1 aromatic carbocycles. The van der Waals surface area contributed by atoms with Crippen molar-refractivity contribution in [3.05, 3.63) is 65.0 Å². The Balaban J connectivity index is 1.72. The molecule has 170 valence electrons. The minimum atomic E-state index is -0.342. The van der Waals surface area contributed by atoms with Gasteiger partial charge in [0, 0.05) is 30.8 Å². The Labute approximate surface area is 187 Å². The van der Waals surface area contributed by atoms with E-state index in [2.05, 4.69) is 25.4 Å². The quantitative estimate of drug-likeness (QED) is 0.695. The predicted molar refractivity (Wildman–Crippen MR) is 118 cm³/mol. The molecule has 0 aliphatic carbocycles. The largest absolute Gasteiger partial charge is 0.379 e. The Kier molecular flexibility index (Phi) is 6.23. The smallest absolute Gasteiger partial charge is 0.252 e. The molecule has 2 aliphatic heterocycles. The van der Waals surface area contributed by atoms with Crippen molar-refractivity contribution in [2.24, 2.45) is 0 Å². The lowest BCUT2D eigenvalue weighted by molar-refractivity contribution is -0.852. The third kappa shape index (κ3) is 4.36. The number of ether oxygens (including phenoxy) is 1. The van der Waals surface area contributed by atoms with Crippen LogP contribution < -0.4 is 5.32 Å². The zero-order chi connectivity index (χ0) is 22.9. The summed E-state index contributed by atoms with van der Waals surface area (Å²) in [6.45, 7) is 6.46. The number of aryl methyl sites for hydroxylation is 1. The molecule has 4 rings (SSSR count). The number of morpholine rings is 1. The first-order chi connectivity index (χ1) is 15.3. The first-order valence-electron chi connectivity index (χ1n) is 10.8. The van der Waals surface area contributed by atoms with Crippen LogP contribution >= 0.6 is 0 Å². The van der Waals surface area contributed by atoms with Crippen LogP contribution in [0.25, 0.3) is 5.70 Å². The van der Waals surface area contributed by atoms with Gasteiger partial charge in [-0.1, -0.05) is 6.07 Å². The number of aromatic nitrogens is 3. The Morgan fingerprint density at radius 3 is 2.75 bits per heavy atom. The molecule has 2 aromatic rings. The fraction of sp³-hybridized carbons (Fsp3) is 0.435. The number of nitrogens with one attached hydrogen (secondary N) is 2. The van der Waals surface area contributed by atoms with Crippen molar-refractivity contribution in [3.63, 3.8) is 0 Å². The molecule has 1 saturated heterocycles. The van der Waals surface area contributed by atoms with Gasteiger partial charge in [0.15, 0.2) is 6.17 Å². The molecule has 0 spiro atoms. The zero-order valence-corrected chi connectivity index (χ0v) is 18.9. The summed E-state index contributed by atoms with van der Waals surface area (Å²) in [4.78, 5) is 19.6. The van der Waals surface area contributed by atoms with Crippen LogP contribution in [-0.4, -0.2) is 77.0 Å². The second-order valence-corrected chi connectivity index (χ2v) is 8.80. The van der Waals surface area contributed by atoms with E-state index >= 15 is 4.39 Å². The molecule has 32 heavy (non-hydrogen) atoms. The predicted octanol–water partition coefficient (Wildman–Crippen LogP) is 2.15. The number of benzene rings is 1. The van der Waals surface area contributed by atoms with Crippen LogP contribution in [-0.2, 0) is 9.53 Å². The maximum atomic E-state index is 15.0. The Morgan fingerprint density at radius 2 is 2.09 bits per heavy atom. The molecule has 0 radical (unpaired) electrons. The lowest BCUT2D eigenvalue weighted by Crippen LogP contribution is -2.59. The van der Waals surface area contributed by atoms with E-state index in [9.17, 15) is 4.79 Å². The summed E-state index contributed by atoms with van der Waals surface area (Å²) >= 11 is 0. The van der Waals surface area contributed by atoms with E-state index in [0.717, 1.165) is 24.4 Å². The van der Waals surface area contributed by atoms with Gasteiger partial charge in [-0.2, -0.15) is 5.10 Å². The Hall–Kier alpha value is -2.88. The number of hydrogen-bond donors (Lipinski definition) is 2. The average Bonchev–Trinajstić information content (AvgIpc) is 3.30. The van der Waals surface area contributed by atoms with E-state index in [1.165, 1.54) is 12.4 Å². The summed E-state index contributed by atoms with van der Waals surface area (Å²) in [6, 6.07) is 4.88. The van der Waals surface area contributed by atoms with Crippen molar-refractivity contribution >= 4 is 11.6 Å². The molecule has 2 unspecified atom stereocenters. The van der Waals surface area contributed by atoms with Crippen LogP contribution in [0.15, 0.2) is 42.3 Å². The first-order valence-corrected chi connectivity index (χ1v) is 10.8. The second kappa shape index (κ2) is 8.93. The first kappa shape index (κ1) is 22.3. The van der Waals surface area contributed by atoms with Crippen molar-refractivity contribution < 1.29 is 18.4 Å². The normalized spacial score (nSPS) is 22.1. The van der Waals surface area contributed by atoms with Crippen LogP contribution in [0.1, 0.15) is 29.9 Å². The summed E-state index contributed by atoms with van der Waals surface area (Å²) in [5.74, 6) is 0.0427. The number of carbonyl (C=O) groups excluding carboxylic acids is 1. The van der Waals surface area contributed by atoms with Crippen LogP contribution in [0.4, 0.5) is 4.39 Å². The van der Waals surface area contributed by atoms with Crippen molar-refractivity contribution in [2.45, 2.75) is 26.1 Å². The van der Waals surface area contributed by atoms with E-state index in [0.29, 0.717) is 34.7 Å². The van der Waals surface area contributed by atoms with Crippen LogP contribution in [0, 0.1) is 12.7 Å². The SMILES string of the molecule is Cc1ccc(C2=CC(C(=O)NC(C)c3ncn[nH]3)=CC(N3CCOCC3)[N+]2(C)C)c(F)c1. The number of nitrogens with zero attached hydrogens (tertiary/aromatic N) is 4. The molecule has 1 amide bonds. The average molecular weight is 442 g/mol. The van der Waals surface area contributed by atoms with Crippen LogP contribution in [0.3, 0.4) is 0 Å². The van der Waals surface area contributed by atoms with Gasteiger partial charge in [0.05, 0.1) is 38.9 Å². The third-order valence-corrected chi connectivity index (χ3v) is 6.18. The lowest BCUT2D eigenvalue weighted by Gasteiger charge is -2.46. The number of aromatic amines is 1. The van der Waals surface area contributed by atoms with Gasteiger partial charge in [-0.15, -0.1) is 0 Å². The second-order valence-electron chi connectivity index (χ2n) is 8.80.